The van der Waals surface area contributed by atoms with Crippen molar-refractivity contribution in [1.29, 1.82) is 0 Å². The lowest BCUT2D eigenvalue weighted by Crippen LogP contribution is -2.39. The fourth-order valence-electron chi connectivity index (χ4n) is 1.93. The number of nitrogens with zero attached hydrogens (tertiary/aromatic N) is 1. The molecule has 0 aromatic heterocycles. The zero-order valence-electron chi connectivity index (χ0n) is 12.3. The van der Waals surface area contributed by atoms with Crippen LogP contribution in [0, 0.1) is 0 Å². The normalized spacial score (nSPS) is 11.7. The van der Waals surface area contributed by atoms with E-state index in [1.807, 2.05) is 31.2 Å². The summed E-state index contributed by atoms with van der Waals surface area (Å²) in [4.78, 5) is 14.0. The van der Waals surface area contributed by atoms with Crippen LogP contribution in [0.15, 0.2) is 28.7 Å². The Morgan fingerprint density at radius 2 is 2.05 bits per heavy atom. The maximum atomic E-state index is 11.9. The van der Waals surface area contributed by atoms with Crippen molar-refractivity contribution < 1.29 is 9.90 Å². The molecule has 112 valence electrons. The van der Waals surface area contributed by atoms with Crippen LogP contribution in [0.25, 0.3) is 0 Å². The molecular weight excluding hydrogens is 320 g/mol. The van der Waals surface area contributed by atoms with Gasteiger partial charge in [0, 0.05) is 24.0 Å². The van der Waals surface area contributed by atoms with Gasteiger partial charge in [-0.05, 0) is 48.5 Å². The molecule has 0 fully saturated rings. The predicted octanol–water partition coefficient (Wildman–Crippen LogP) is 2.87. The molecule has 2 N–H and O–H groups in total. The van der Waals surface area contributed by atoms with E-state index >= 15 is 0 Å². The quantitative estimate of drug-likeness (QED) is 0.800. The Morgan fingerprint density at radius 1 is 1.40 bits per heavy atom. The molecule has 0 heterocycles. The molecule has 0 spiro atoms. The first-order valence-electron chi connectivity index (χ1n) is 6.81. The van der Waals surface area contributed by atoms with E-state index in [0.29, 0.717) is 19.5 Å². The molecular formula is C15H23BrN2O2. The average molecular weight is 343 g/mol. The van der Waals surface area contributed by atoms with Crippen molar-refractivity contribution in [2.45, 2.75) is 32.8 Å². The molecule has 0 radical (unpaired) electrons. The summed E-state index contributed by atoms with van der Waals surface area (Å²) >= 11 is 3.40. The Morgan fingerprint density at radius 3 is 2.60 bits per heavy atom. The van der Waals surface area contributed by atoms with Crippen LogP contribution >= 0.6 is 15.9 Å². The number of likely N-dealkylation sites (N-methyl/N-ethyl adjacent to an activating group) is 1. The van der Waals surface area contributed by atoms with Crippen LogP contribution < -0.4 is 5.32 Å². The number of carbonyl (C=O) groups is 1. The van der Waals surface area contributed by atoms with E-state index in [4.69, 9.17) is 0 Å². The molecule has 0 atom stereocenters. The monoisotopic (exact) mass is 342 g/mol. The number of halogens is 1. The maximum absolute atomic E-state index is 11.9. The van der Waals surface area contributed by atoms with Crippen LogP contribution in [0.5, 0.6) is 0 Å². The van der Waals surface area contributed by atoms with Gasteiger partial charge in [0.1, 0.15) is 0 Å². The topological polar surface area (TPSA) is 52.6 Å². The van der Waals surface area contributed by atoms with E-state index in [1.165, 1.54) is 0 Å². The molecule has 1 aromatic carbocycles. The Balaban J connectivity index is 2.45. The summed E-state index contributed by atoms with van der Waals surface area (Å²) < 4.78 is 0.872. The van der Waals surface area contributed by atoms with Gasteiger partial charge in [0.25, 0.3) is 0 Å². The number of para-hydroxylation sites is 1. The minimum atomic E-state index is -0.741. The molecule has 20 heavy (non-hydrogen) atoms. The lowest BCUT2D eigenvalue weighted by Gasteiger charge is -2.27. The third-order valence-corrected chi connectivity index (χ3v) is 3.55. The van der Waals surface area contributed by atoms with E-state index in [2.05, 4.69) is 26.1 Å². The van der Waals surface area contributed by atoms with Crippen LogP contribution in [0.1, 0.15) is 27.2 Å². The molecule has 5 heteroatoms. The van der Waals surface area contributed by atoms with Crippen LogP contribution in [0.2, 0.25) is 0 Å². The van der Waals surface area contributed by atoms with Gasteiger partial charge < -0.3 is 15.3 Å². The van der Waals surface area contributed by atoms with Gasteiger partial charge in [-0.25, -0.2) is 0 Å². The lowest BCUT2D eigenvalue weighted by atomic mass is 10.1. The van der Waals surface area contributed by atoms with Gasteiger partial charge in [0.2, 0.25) is 5.91 Å². The zero-order valence-corrected chi connectivity index (χ0v) is 13.9. The summed E-state index contributed by atoms with van der Waals surface area (Å²) in [5, 5.41) is 12.7. The van der Waals surface area contributed by atoms with Gasteiger partial charge in [0.05, 0.1) is 11.3 Å². The van der Waals surface area contributed by atoms with Crippen molar-refractivity contribution in [2.75, 3.05) is 25.0 Å². The zero-order chi connectivity index (χ0) is 15.2. The van der Waals surface area contributed by atoms with Gasteiger partial charge in [-0.3, -0.25) is 4.79 Å². The summed E-state index contributed by atoms with van der Waals surface area (Å²) in [7, 11) is 0. The highest BCUT2D eigenvalue weighted by atomic mass is 79.9. The van der Waals surface area contributed by atoms with E-state index in [9.17, 15) is 9.90 Å². The molecule has 0 aliphatic rings. The molecule has 0 aliphatic carbocycles. The fraction of sp³-hybridized carbons (Fsp3) is 0.533. The van der Waals surface area contributed by atoms with Crippen molar-refractivity contribution in [1.82, 2.24) is 4.90 Å². The highest BCUT2D eigenvalue weighted by Crippen LogP contribution is 2.21. The number of hydrogen-bond acceptors (Lipinski definition) is 3. The van der Waals surface area contributed by atoms with Gasteiger partial charge >= 0.3 is 0 Å². The minimum absolute atomic E-state index is 0.0221. The van der Waals surface area contributed by atoms with Gasteiger partial charge in [-0.1, -0.05) is 19.1 Å². The van der Waals surface area contributed by atoms with Gasteiger partial charge in [0.15, 0.2) is 0 Å². The number of nitrogens with one attached hydrogen (secondary N) is 1. The largest absolute Gasteiger partial charge is 0.389 e. The second kappa shape index (κ2) is 7.76. The molecule has 1 aromatic rings. The molecule has 0 unspecified atom stereocenters. The Hall–Kier alpha value is -0.910. The average Bonchev–Trinajstić information content (AvgIpc) is 2.36. The van der Waals surface area contributed by atoms with E-state index < -0.39 is 5.60 Å². The molecule has 1 rings (SSSR count). The van der Waals surface area contributed by atoms with Gasteiger partial charge in [-0.2, -0.15) is 0 Å². The van der Waals surface area contributed by atoms with Crippen molar-refractivity contribution in [3.8, 4) is 0 Å². The number of anilines is 1. The number of aliphatic hydroxyl groups is 1. The number of hydrogen-bond donors (Lipinski definition) is 2. The number of benzene rings is 1. The van der Waals surface area contributed by atoms with Crippen LogP contribution in [0.4, 0.5) is 5.69 Å². The van der Waals surface area contributed by atoms with Crippen LogP contribution in [-0.2, 0) is 4.79 Å². The van der Waals surface area contributed by atoms with Crippen molar-refractivity contribution in [2.24, 2.45) is 0 Å². The van der Waals surface area contributed by atoms with Crippen molar-refractivity contribution >= 4 is 27.5 Å². The smallest absolute Gasteiger partial charge is 0.225 e. The maximum Gasteiger partial charge on any atom is 0.225 e. The standard InChI is InChI=1S/C15H23BrN2O2/c1-4-18(11-15(2,3)20)10-9-14(19)17-13-8-6-5-7-12(13)16/h5-8,20H,4,9-11H2,1-3H3,(H,17,19). The predicted molar refractivity (Wildman–Crippen MR) is 85.8 cm³/mol. The van der Waals surface area contributed by atoms with E-state index in [0.717, 1.165) is 16.7 Å². The van der Waals surface area contributed by atoms with Crippen LogP contribution in [-0.4, -0.2) is 41.1 Å². The Labute approximate surface area is 129 Å². The molecule has 0 aliphatic heterocycles. The second-order valence-electron chi connectivity index (χ2n) is 5.46. The summed E-state index contributed by atoms with van der Waals surface area (Å²) in [6, 6.07) is 7.54. The van der Waals surface area contributed by atoms with E-state index in [-0.39, 0.29) is 5.91 Å². The third kappa shape index (κ3) is 6.50. The first kappa shape index (κ1) is 17.1. The number of carbonyl (C=O) groups excluding carboxylic acids is 1. The second-order valence-corrected chi connectivity index (χ2v) is 6.31. The molecule has 0 bridgehead atoms. The third-order valence-electron chi connectivity index (χ3n) is 2.86. The van der Waals surface area contributed by atoms with Gasteiger partial charge in [-0.15, -0.1) is 0 Å². The molecule has 1 amide bonds. The number of amides is 1. The van der Waals surface area contributed by atoms with Crippen molar-refractivity contribution in [3.05, 3.63) is 28.7 Å². The minimum Gasteiger partial charge on any atom is -0.389 e. The summed E-state index contributed by atoms with van der Waals surface area (Å²) in [6.45, 7) is 7.58. The SMILES string of the molecule is CCN(CCC(=O)Nc1ccccc1Br)CC(C)(C)O. The lowest BCUT2D eigenvalue weighted by molar-refractivity contribution is -0.116. The highest BCUT2D eigenvalue weighted by molar-refractivity contribution is 9.10. The van der Waals surface area contributed by atoms with E-state index in [1.54, 1.807) is 13.8 Å². The Kier molecular flexibility index (Phi) is 6.65. The fourth-order valence-corrected chi connectivity index (χ4v) is 2.32. The molecule has 0 saturated carbocycles. The van der Waals surface area contributed by atoms with Crippen LogP contribution in [0.3, 0.4) is 0 Å². The molecule has 0 saturated heterocycles. The Bertz CT molecular complexity index is 444. The van der Waals surface area contributed by atoms with Crippen molar-refractivity contribution in [3.63, 3.8) is 0 Å². The molecule has 4 nitrogen and oxygen atoms in total. The highest BCUT2D eigenvalue weighted by Gasteiger charge is 2.17. The first-order chi connectivity index (χ1) is 9.31. The number of rotatable bonds is 7. The summed E-state index contributed by atoms with van der Waals surface area (Å²) in [6.07, 6.45) is 0.408. The first-order valence-corrected chi connectivity index (χ1v) is 7.60. The summed E-state index contributed by atoms with van der Waals surface area (Å²) in [5.41, 5.74) is 0.0395. The summed E-state index contributed by atoms with van der Waals surface area (Å²) in [5.74, 6) is -0.0221.